The molecule has 1 heterocycles. The summed E-state index contributed by atoms with van der Waals surface area (Å²) in [7, 11) is 3.09. The molecule has 0 radical (unpaired) electrons. The van der Waals surface area contributed by atoms with E-state index in [9.17, 15) is 10.1 Å². The summed E-state index contributed by atoms with van der Waals surface area (Å²) in [5.74, 6) is 1.49. The fourth-order valence-electron chi connectivity index (χ4n) is 3.32. The standard InChI is InChI=1S/C20H22N2O3S/c1-4-12-5-6-16-17(11-21)20(26-18(16)7-12)22-19(23)13-8-14(24-2)10-15(9-13)25-3/h8-10,12H,4-7H2,1-3H3,(H,22,23)/t12-/m0/s1. The molecule has 0 saturated heterocycles. The number of hydrogen-bond donors (Lipinski definition) is 1. The Bertz CT molecular complexity index is 844. The Morgan fingerprint density at radius 3 is 2.58 bits per heavy atom. The molecule has 0 bridgehead atoms. The summed E-state index contributed by atoms with van der Waals surface area (Å²) in [6, 6.07) is 7.31. The van der Waals surface area contributed by atoms with Crippen molar-refractivity contribution >= 4 is 22.2 Å². The van der Waals surface area contributed by atoms with Crippen molar-refractivity contribution < 1.29 is 14.3 Å². The van der Waals surface area contributed by atoms with Crippen LogP contribution in [0, 0.1) is 17.2 Å². The van der Waals surface area contributed by atoms with E-state index < -0.39 is 0 Å². The SMILES string of the molecule is CC[C@H]1CCc2c(sc(NC(=O)c3cc(OC)cc(OC)c3)c2C#N)C1. The molecular weight excluding hydrogens is 348 g/mol. The minimum absolute atomic E-state index is 0.274. The van der Waals surface area contributed by atoms with Gasteiger partial charge in [0.1, 0.15) is 22.6 Å². The average molecular weight is 370 g/mol. The summed E-state index contributed by atoms with van der Waals surface area (Å²) >= 11 is 1.53. The number of ether oxygens (including phenoxy) is 2. The second-order valence-electron chi connectivity index (χ2n) is 6.39. The zero-order valence-corrected chi connectivity index (χ0v) is 16.0. The van der Waals surface area contributed by atoms with Gasteiger partial charge < -0.3 is 14.8 Å². The van der Waals surface area contributed by atoms with Gasteiger partial charge in [-0.3, -0.25) is 4.79 Å². The number of nitriles is 1. The fourth-order valence-corrected chi connectivity index (χ4v) is 4.63. The predicted molar refractivity (Wildman–Crippen MR) is 102 cm³/mol. The Labute approximate surface area is 157 Å². The molecule has 6 heteroatoms. The third-order valence-corrected chi connectivity index (χ3v) is 6.07. The number of methoxy groups -OCH3 is 2. The molecule has 136 valence electrons. The highest BCUT2D eigenvalue weighted by molar-refractivity contribution is 7.16. The number of benzene rings is 1. The highest BCUT2D eigenvalue weighted by Gasteiger charge is 2.26. The summed E-state index contributed by atoms with van der Waals surface area (Å²) in [5, 5.41) is 13.2. The first-order valence-electron chi connectivity index (χ1n) is 8.68. The van der Waals surface area contributed by atoms with Gasteiger partial charge in [-0.25, -0.2) is 0 Å². The van der Waals surface area contributed by atoms with E-state index in [1.54, 1.807) is 32.4 Å². The largest absolute Gasteiger partial charge is 0.497 e. The molecule has 3 rings (SSSR count). The number of hydrogen-bond acceptors (Lipinski definition) is 5. The normalized spacial score (nSPS) is 15.7. The summed E-state index contributed by atoms with van der Waals surface area (Å²) in [6.07, 6.45) is 4.16. The van der Waals surface area contributed by atoms with E-state index in [1.165, 1.54) is 16.2 Å². The quantitative estimate of drug-likeness (QED) is 0.846. The number of thiophene rings is 1. The van der Waals surface area contributed by atoms with Gasteiger partial charge in [-0.1, -0.05) is 13.3 Å². The smallest absolute Gasteiger partial charge is 0.256 e. The highest BCUT2D eigenvalue weighted by Crippen LogP contribution is 2.40. The number of carbonyl (C=O) groups excluding carboxylic acids is 1. The maximum Gasteiger partial charge on any atom is 0.256 e. The number of nitrogens with one attached hydrogen (secondary N) is 1. The van der Waals surface area contributed by atoms with E-state index in [0.717, 1.165) is 31.2 Å². The van der Waals surface area contributed by atoms with Crippen molar-refractivity contribution in [1.82, 2.24) is 0 Å². The van der Waals surface area contributed by atoms with Gasteiger partial charge >= 0.3 is 0 Å². The van der Waals surface area contributed by atoms with Gasteiger partial charge in [-0.2, -0.15) is 5.26 Å². The van der Waals surface area contributed by atoms with E-state index in [4.69, 9.17) is 9.47 Å². The molecule has 1 atom stereocenters. The first-order valence-corrected chi connectivity index (χ1v) is 9.50. The van der Waals surface area contributed by atoms with E-state index >= 15 is 0 Å². The molecular formula is C20H22N2O3S. The maximum atomic E-state index is 12.7. The van der Waals surface area contributed by atoms with Crippen molar-refractivity contribution in [3.05, 3.63) is 39.8 Å². The Morgan fingerprint density at radius 1 is 1.31 bits per heavy atom. The molecule has 1 aromatic heterocycles. The summed E-state index contributed by atoms with van der Waals surface area (Å²) < 4.78 is 10.4. The van der Waals surface area contributed by atoms with Gasteiger partial charge in [0.25, 0.3) is 5.91 Å². The Hall–Kier alpha value is -2.52. The van der Waals surface area contributed by atoms with Crippen LogP contribution in [-0.2, 0) is 12.8 Å². The topological polar surface area (TPSA) is 71.3 Å². The van der Waals surface area contributed by atoms with Crippen molar-refractivity contribution in [3.63, 3.8) is 0 Å². The van der Waals surface area contributed by atoms with Crippen molar-refractivity contribution in [1.29, 1.82) is 5.26 Å². The molecule has 1 amide bonds. The van der Waals surface area contributed by atoms with Crippen LogP contribution in [0.5, 0.6) is 11.5 Å². The van der Waals surface area contributed by atoms with Crippen LogP contribution in [0.4, 0.5) is 5.00 Å². The molecule has 0 aliphatic heterocycles. The number of carbonyl (C=O) groups is 1. The van der Waals surface area contributed by atoms with Crippen LogP contribution in [0.1, 0.15) is 46.1 Å². The molecule has 5 nitrogen and oxygen atoms in total. The molecule has 1 N–H and O–H groups in total. The van der Waals surface area contributed by atoms with Gasteiger partial charge in [0, 0.05) is 16.5 Å². The summed E-state index contributed by atoms with van der Waals surface area (Å²) in [5.41, 5.74) is 2.16. The number of nitrogens with zero attached hydrogens (tertiary/aromatic N) is 1. The van der Waals surface area contributed by atoms with Crippen LogP contribution in [0.3, 0.4) is 0 Å². The van der Waals surface area contributed by atoms with Crippen LogP contribution in [0.15, 0.2) is 18.2 Å². The van der Waals surface area contributed by atoms with E-state index in [-0.39, 0.29) is 5.91 Å². The van der Waals surface area contributed by atoms with E-state index in [0.29, 0.717) is 33.5 Å². The second kappa shape index (κ2) is 7.79. The van der Waals surface area contributed by atoms with Crippen LogP contribution in [0.25, 0.3) is 0 Å². The van der Waals surface area contributed by atoms with Gasteiger partial charge in [0.2, 0.25) is 0 Å². The molecule has 0 unspecified atom stereocenters. The lowest BCUT2D eigenvalue weighted by atomic mass is 9.86. The zero-order chi connectivity index (χ0) is 18.7. The van der Waals surface area contributed by atoms with Crippen molar-refractivity contribution in [3.8, 4) is 17.6 Å². The summed E-state index contributed by atoms with van der Waals surface area (Å²) in [4.78, 5) is 14.0. The van der Waals surface area contributed by atoms with Crippen LogP contribution in [-0.4, -0.2) is 20.1 Å². The van der Waals surface area contributed by atoms with Crippen molar-refractivity contribution in [2.75, 3.05) is 19.5 Å². The Kier molecular flexibility index (Phi) is 5.48. The van der Waals surface area contributed by atoms with Gasteiger partial charge in [0.15, 0.2) is 0 Å². The lowest BCUT2D eigenvalue weighted by molar-refractivity contribution is 0.102. The average Bonchev–Trinajstić information content (AvgIpc) is 3.03. The molecule has 2 aromatic rings. The lowest BCUT2D eigenvalue weighted by Gasteiger charge is -2.20. The number of anilines is 1. The maximum absolute atomic E-state index is 12.7. The zero-order valence-electron chi connectivity index (χ0n) is 15.2. The third-order valence-electron chi connectivity index (χ3n) is 4.90. The monoisotopic (exact) mass is 370 g/mol. The predicted octanol–water partition coefficient (Wildman–Crippen LogP) is 4.40. The minimum atomic E-state index is -0.274. The van der Waals surface area contributed by atoms with Gasteiger partial charge in [-0.15, -0.1) is 11.3 Å². The van der Waals surface area contributed by atoms with Gasteiger partial charge in [-0.05, 0) is 42.9 Å². The molecule has 26 heavy (non-hydrogen) atoms. The molecule has 0 spiro atoms. The first kappa shape index (κ1) is 18.3. The number of amides is 1. The summed E-state index contributed by atoms with van der Waals surface area (Å²) in [6.45, 7) is 2.20. The van der Waals surface area contributed by atoms with Gasteiger partial charge in [0.05, 0.1) is 19.8 Å². The van der Waals surface area contributed by atoms with E-state index in [2.05, 4.69) is 18.3 Å². The Morgan fingerprint density at radius 2 is 2.00 bits per heavy atom. The molecule has 1 aromatic carbocycles. The van der Waals surface area contributed by atoms with E-state index in [1.807, 2.05) is 0 Å². The minimum Gasteiger partial charge on any atom is -0.497 e. The fraction of sp³-hybridized carbons (Fsp3) is 0.400. The third kappa shape index (κ3) is 3.54. The second-order valence-corrected chi connectivity index (χ2v) is 7.50. The molecule has 0 fully saturated rings. The Balaban J connectivity index is 1.89. The van der Waals surface area contributed by atoms with Crippen LogP contribution in [0.2, 0.25) is 0 Å². The highest BCUT2D eigenvalue weighted by atomic mass is 32.1. The number of fused-ring (bicyclic) bond motifs is 1. The molecule has 1 aliphatic carbocycles. The van der Waals surface area contributed by atoms with Crippen LogP contribution < -0.4 is 14.8 Å². The first-order chi connectivity index (χ1) is 12.6. The van der Waals surface area contributed by atoms with Crippen LogP contribution >= 0.6 is 11.3 Å². The lowest BCUT2D eigenvalue weighted by Crippen LogP contribution is -2.13. The molecule has 0 saturated carbocycles. The van der Waals surface area contributed by atoms with Crippen molar-refractivity contribution in [2.45, 2.75) is 32.6 Å². The van der Waals surface area contributed by atoms with Crippen molar-refractivity contribution in [2.24, 2.45) is 5.92 Å². The molecule has 1 aliphatic rings. The number of rotatable bonds is 5.